The van der Waals surface area contributed by atoms with Crippen LogP contribution in [0.3, 0.4) is 0 Å². The van der Waals surface area contributed by atoms with E-state index in [4.69, 9.17) is 0 Å². The molecule has 4 saturated carbocycles. The Balaban J connectivity index is 1.71. The molecule has 2 aromatic carbocycles. The predicted octanol–water partition coefficient (Wildman–Crippen LogP) is 9.16. The lowest BCUT2D eigenvalue weighted by Crippen LogP contribution is -2.64. The van der Waals surface area contributed by atoms with Crippen molar-refractivity contribution in [3.05, 3.63) is 65.4 Å². The Morgan fingerprint density at radius 3 is 1.82 bits per heavy atom. The molecule has 4 aliphatic rings. The van der Waals surface area contributed by atoms with Gasteiger partial charge in [0.2, 0.25) is 0 Å². The summed E-state index contributed by atoms with van der Waals surface area (Å²) < 4.78 is 4.74. The summed E-state index contributed by atoms with van der Waals surface area (Å²) in [5.74, 6) is 1.61. The third-order valence-electron chi connectivity index (χ3n) is 8.36. The molecule has 0 radical (unpaired) electrons. The van der Waals surface area contributed by atoms with Crippen molar-refractivity contribution in [2.24, 2.45) is 17.3 Å². The summed E-state index contributed by atoms with van der Waals surface area (Å²) >= 11 is 15.0. The Kier molecular flexibility index (Phi) is 4.83. The molecule has 0 aromatic heterocycles. The molecule has 4 unspecified atom stereocenters. The smallest absolute Gasteiger partial charge is 0.0189 e. The Morgan fingerprint density at radius 1 is 0.714 bits per heavy atom. The highest BCUT2D eigenvalue weighted by Gasteiger charge is 2.66. The molecular weight excluding hydrogens is 608 g/mol. The van der Waals surface area contributed by atoms with Gasteiger partial charge in [-0.2, -0.15) is 0 Å². The van der Waals surface area contributed by atoms with Crippen LogP contribution in [0.25, 0.3) is 0 Å². The highest BCUT2D eigenvalue weighted by molar-refractivity contribution is 9.11. The van der Waals surface area contributed by atoms with Crippen LogP contribution in [0.2, 0.25) is 0 Å². The zero-order valence-corrected chi connectivity index (χ0v) is 22.5. The number of rotatable bonds is 2. The summed E-state index contributed by atoms with van der Waals surface area (Å²) in [5, 5.41) is 0. The molecule has 4 bridgehead atoms. The van der Waals surface area contributed by atoms with Gasteiger partial charge in [-0.05, 0) is 102 Å². The maximum absolute atomic E-state index is 3.76. The van der Waals surface area contributed by atoms with Crippen LogP contribution in [-0.2, 0) is 10.8 Å². The monoisotopic (exact) mass is 628 g/mol. The highest BCUT2D eigenvalue weighted by atomic mass is 79.9. The summed E-state index contributed by atoms with van der Waals surface area (Å²) in [7, 11) is 0. The minimum absolute atomic E-state index is 0.234. The first kappa shape index (κ1) is 20.3. The van der Waals surface area contributed by atoms with Crippen LogP contribution in [0, 0.1) is 17.3 Å². The van der Waals surface area contributed by atoms with Crippen molar-refractivity contribution in [1.82, 2.24) is 0 Å². The SMILES string of the molecule is CC1(C)C2CC3CC(c4cc(Br)cc(Br)c4)(C2)CC1(c1cc(Br)cc(Br)c1)C3. The van der Waals surface area contributed by atoms with Crippen LogP contribution in [0.5, 0.6) is 0 Å². The van der Waals surface area contributed by atoms with E-state index >= 15 is 0 Å². The average Bonchev–Trinajstić information content (AvgIpc) is 2.57. The normalized spacial score (nSPS) is 35.4. The van der Waals surface area contributed by atoms with E-state index in [9.17, 15) is 0 Å². The Bertz CT molecular complexity index is 925. The second-order valence-electron chi connectivity index (χ2n) is 9.99. The number of hydrogen-bond acceptors (Lipinski definition) is 0. The molecule has 0 spiro atoms. The lowest BCUT2D eigenvalue weighted by molar-refractivity contribution is -0.127. The first-order valence-electron chi connectivity index (χ1n) is 10.1. The molecule has 4 atom stereocenters. The molecule has 4 fully saturated rings. The molecule has 2 aromatic rings. The molecule has 6 rings (SSSR count). The number of benzene rings is 2. The third-order valence-corrected chi connectivity index (χ3v) is 10.2. The van der Waals surface area contributed by atoms with E-state index in [1.165, 1.54) is 61.1 Å². The maximum Gasteiger partial charge on any atom is 0.0189 e. The second-order valence-corrected chi connectivity index (χ2v) is 13.7. The zero-order chi connectivity index (χ0) is 19.9. The summed E-state index contributed by atoms with van der Waals surface area (Å²) in [6.45, 7) is 5.10. The van der Waals surface area contributed by atoms with Crippen LogP contribution < -0.4 is 0 Å². The van der Waals surface area contributed by atoms with Gasteiger partial charge in [0.1, 0.15) is 0 Å². The fourth-order valence-corrected chi connectivity index (χ4v) is 9.76. The van der Waals surface area contributed by atoms with Gasteiger partial charge in [0.15, 0.2) is 0 Å². The minimum Gasteiger partial charge on any atom is -0.0588 e. The first-order valence-corrected chi connectivity index (χ1v) is 13.2. The van der Waals surface area contributed by atoms with Gasteiger partial charge in [-0.3, -0.25) is 0 Å². The molecule has 0 nitrogen and oxygen atoms in total. The largest absolute Gasteiger partial charge is 0.0588 e. The Labute approximate surface area is 201 Å². The average molecular weight is 632 g/mol. The van der Waals surface area contributed by atoms with E-state index in [2.05, 4.69) is 114 Å². The van der Waals surface area contributed by atoms with E-state index in [1.54, 1.807) is 0 Å². The fourth-order valence-electron chi connectivity index (χ4n) is 7.17. The van der Waals surface area contributed by atoms with Crippen molar-refractivity contribution in [2.45, 2.75) is 56.8 Å². The number of halogens is 4. The molecule has 148 valence electrons. The molecular formula is C24H24Br4. The lowest BCUT2D eigenvalue weighted by atomic mass is 9.34. The Hall–Kier alpha value is 0.360. The molecule has 0 heterocycles. The van der Waals surface area contributed by atoms with Crippen molar-refractivity contribution >= 4 is 63.7 Å². The second kappa shape index (κ2) is 6.68. The van der Waals surface area contributed by atoms with Crippen LogP contribution in [-0.4, -0.2) is 0 Å². The van der Waals surface area contributed by atoms with Gasteiger partial charge in [-0.25, -0.2) is 0 Å². The van der Waals surface area contributed by atoms with Gasteiger partial charge in [-0.1, -0.05) is 77.6 Å². The fraction of sp³-hybridized carbons (Fsp3) is 0.500. The van der Waals surface area contributed by atoms with Gasteiger partial charge in [0, 0.05) is 23.3 Å². The summed E-state index contributed by atoms with van der Waals surface area (Å²) in [4.78, 5) is 0. The topological polar surface area (TPSA) is 0 Å². The van der Waals surface area contributed by atoms with Crippen LogP contribution in [0.15, 0.2) is 54.3 Å². The van der Waals surface area contributed by atoms with E-state index in [0.29, 0.717) is 10.8 Å². The molecule has 0 N–H and O–H groups in total. The van der Waals surface area contributed by atoms with Gasteiger partial charge >= 0.3 is 0 Å². The van der Waals surface area contributed by atoms with E-state index in [1.807, 2.05) is 0 Å². The van der Waals surface area contributed by atoms with E-state index < -0.39 is 0 Å². The van der Waals surface area contributed by atoms with Crippen LogP contribution >= 0.6 is 63.7 Å². The number of hydrogen-bond donors (Lipinski definition) is 0. The van der Waals surface area contributed by atoms with Crippen LogP contribution in [0.4, 0.5) is 0 Å². The predicted molar refractivity (Wildman–Crippen MR) is 131 cm³/mol. The van der Waals surface area contributed by atoms with Gasteiger partial charge in [0.05, 0.1) is 0 Å². The Morgan fingerprint density at radius 2 is 1.25 bits per heavy atom. The maximum atomic E-state index is 3.76. The zero-order valence-electron chi connectivity index (χ0n) is 16.2. The lowest BCUT2D eigenvalue weighted by Gasteiger charge is -2.70. The molecule has 0 saturated heterocycles. The molecule has 4 aliphatic carbocycles. The standard InChI is InChI=1S/C24H24Br4/c1-22(2)17-3-14-10-23(12-17,15-4-18(25)8-19(26)5-15)13-24(22,11-14)16-6-20(27)9-21(28)7-16/h4-9,14,17H,3,10-13H2,1-2H3. The van der Waals surface area contributed by atoms with Gasteiger partial charge in [0.25, 0.3) is 0 Å². The van der Waals surface area contributed by atoms with Crippen molar-refractivity contribution in [2.75, 3.05) is 0 Å². The van der Waals surface area contributed by atoms with Crippen molar-refractivity contribution in [3.8, 4) is 0 Å². The summed E-state index contributed by atoms with van der Waals surface area (Å²) in [6.07, 6.45) is 6.67. The van der Waals surface area contributed by atoms with Crippen molar-refractivity contribution < 1.29 is 0 Å². The molecule has 0 amide bonds. The highest BCUT2D eigenvalue weighted by Crippen LogP contribution is 2.72. The summed E-state index contributed by atoms with van der Waals surface area (Å²) in [6, 6.07) is 13.9. The van der Waals surface area contributed by atoms with Gasteiger partial charge in [-0.15, -0.1) is 0 Å². The molecule has 4 heteroatoms. The third kappa shape index (κ3) is 2.91. The summed E-state index contributed by atoms with van der Waals surface area (Å²) in [5.41, 5.74) is 3.89. The van der Waals surface area contributed by atoms with Crippen molar-refractivity contribution in [1.29, 1.82) is 0 Å². The van der Waals surface area contributed by atoms with Gasteiger partial charge < -0.3 is 0 Å². The van der Waals surface area contributed by atoms with Crippen LogP contribution in [0.1, 0.15) is 57.1 Å². The minimum atomic E-state index is 0.234. The molecule has 28 heavy (non-hydrogen) atoms. The molecule has 0 aliphatic heterocycles. The van der Waals surface area contributed by atoms with E-state index in [-0.39, 0.29) is 5.41 Å². The van der Waals surface area contributed by atoms with E-state index in [0.717, 1.165) is 11.8 Å². The first-order chi connectivity index (χ1) is 13.1. The quantitative estimate of drug-likeness (QED) is 0.310. The van der Waals surface area contributed by atoms with Crippen molar-refractivity contribution in [3.63, 3.8) is 0 Å².